The molecule has 1 heterocycles. The molecule has 0 N–H and O–H groups in total. The lowest BCUT2D eigenvalue weighted by Crippen LogP contribution is -2.28. The van der Waals surface area contributed by atoms with Crippen LogP contribution in [0.5, 0.6) is 0 Å². The van der Waals surface area contributed by atoms with Crippen LogP contribution < -0.4 is 4.90 Å². The van der Waals surface area contributed by atoms with Crippen LogP contribution in [0.1, 0.15) is 40.0 Å². The van der Waals surface area contributed by atoms with Crippen molar-refractivity contribution in [3.05, 3.63) is 252 Å². The minimum atomic E-state index is -0.452. The van der Waals surface area contributed by atoms with Gasteiger partial charge in [-0.3, -0.25) is 0 Å². The molecule has 10 aromatic rings. The lowest BCUT2D eigenvalue weighted by Gasteiger charge is -2.34. The second-order valence-electron chi connectivity index (χ2n) is 16.3. The maximum Gasteiger partial charge on any atom is 0.135 e. The Morgan fingerprint density at radius 2 is 0.951 bits per heavy atom. The molecule has 1 aromatic heterocycles. The third-order valence-corrected chi connectivity index (χ3v) is 13.0. The molecule has 0 fully saturated rings. The fraction of sp³-hybridized carbons (Fsp3) is 0.0508. The number of allylic oxidation sites excluding steroid dienone is 1. The van der Waals surface area contributed by atoms with Gasteiger partial charge in [0, 0.05) is 28.0 Å². The Morgan fingerprint density at radius 1 is 0.426 bits per heavy atom. The Morgan fingerprint density at radius 3 is 1.62 bits per heavy atom. The van der Waals surface area contributed by atoms with Crippen LogP contribution in [0, 0.1) is 0 Å². The van der Waals surface area contributed by atoms with Gasteiger partial charge >= 0.3 is 0 Å². The van der Waals surface area contributed by atoms with E-state index in [4.69, 9.17) is 4.42 Å². The zero-order chi connectivity index (χ0) is 40.3. The molecule has 2 aliphatic rings. The summed E-state index contributed by atoms with van der Waals surface area (Å²) in [5, 5.41) is 3.71. The van der Waals surface area contributed by atoms with E-state index in [0.29, 0.717) is 0 Å². The largest absolute Gasteiger partial charge is 0.456 e. The minimum absolute atomic E-state index is 0.452. The molecule has 0 amide bonds. The normalized spacial score (nSPS) is 13.5. The molecule has 2 aliphatic carbocycles. The van der Waals surface area contributed by atoms with Crippen LogP contribution >= 0.6 is 0 Å². The Kier molecular flexibility index (Phi) is 8.24. The Bertz CT molecular complexity index is 3240. The first-order valence-electron chi connectivity index (χ1n) is 21.3. The van der Waals surface area contributed by atoms with Crippen molar-refractivity contribution >= 4 is 44.9 Å². The Hall–Kier alpha value is -7.68. The summed E-state index contributed by atoms with van der Waals surface area (Å²) >= 11 is 0. The van der Waals surface area contributed by atoms with Gasteiger partial charge in [-0.1, -0.05) is 164 Å². The van der Waals surface area contributed by atoms with Gasteiger partial charge in [0.2, 0.25) is 0 Å². The number of furan rings is 1. The van der Waals surface area contributed by atoms with Gasteiger partial charge < -0.3 is 9.32 Å². The molecule has 0 radical (unpaired) electrons. The van der Waals surface area contributed by atoms with Gasteiger partial charge in [-0.2, -0.15) is 0 Å². The van der Waals surface area contributed by atoms with E-state index in [9.17, 15) is 0 Å². The van der Waals surface area contributed by atoms with Crippen molar-refractivity contribution in [3.8, 4) is 33.4 Å². The number of hydrogen-bond donors (Lipinski definition) is 0. The molecule has 61 heavy (non-hydrogen) atoms. The van der Waals surface area contributed by atoms with Gasteiger partial charge in [-0.05, 0) is 140 Å². The molecular formula is C59H41NO. The fourth-order valence-electron chi connectivity index (χ4n) is 10.2. The summed E-state index contributed by atoms with van der Waals surface area (Å²) in [6.45, 7) is 0. The van der Waals surface area contributed by atoms with E-state index in [-0.39, 0.29) is 0 Å². The van der Waals surface area contributed by atoms with Crippen LogP contribution in [0.25, 0.3) is 61.2 Å². The van der Waals surface area contributed by atoms with Crippen molar-refractivity contribution in [2.45, 2.75) is 18.3 Å². The van der Waals surface area contributed by atoms with E-state index in [2.05, 4.69) is 229 Å². The van der Waals surface area contributed by atoms with Crippen molar-refractivity contribution < 1.29 is 4.42 Å². The summed E-state index contributed by atoms with van der Waals surface area (Å²) in [5.41, 5.74) is 17.6. The molecule has 9 aromatic carbocycles. The van der Waals surface area contributed by atoms with Crippen molar-refractivity contribution in [1.29, 1.82) is 0 Å². The first kappa shape index (κ1) is 35.3. The van der Waals surface area contributed by atoms with Gasteiger partial charge in [-0.25, -0.2) is 0 Å². The zero-order valence-electron chi connectivity index (χ0n) is 33.6. The van der Waals surface area contributed by atoms with Crippen LogP contribution in [-0.2, 0) is 11.8 Å². The molecule has 0 atom stereocenters. The summed E-state index contributed by atoms with van der Waals surface area (Å²) < 4.78 is 6.20. The molecule has 0 bridgehead atoms. The number of fused-ring (bicyclic) bond motifs is 7. The molecule has 2 nitrogen and oxygen atoms in total. The second-order valence-corrected chi connectivity index (χ2v) is 16.3. The number of aryl methyl sites for hydroxylation is 1. The van der Waals surface area contributed by atoms with Crippen molar-refractivity contribution in [2.24, 2.45) is 0 Å². The first-order valence-corrected chi connectivity index (χ1v) is 21.3. The Balaban J connectivity index is 0.970. The lowest BCUT2D eigenvalue weighted by molar-refractivity contribution is 0.595. The van der Waals surface area contributed by atoms with Crippen molar-refractivity contribution in [2.75, 3.05) is 4.90 Å². The second kappa shape index (κ2) is 14.3. The van der Waals surface area contributed by atoms with Crippen LogP contribution in [0.3, 0.4) is 0 Å². The molecule has 288 valence electrons. The fourth-order valence-corrected chi connectivity index (χ4v) is 10.2. The zero-order valence-corrected chi connectivity index (χ0v) is 33.6. The quantitative estimate of drug-likeness (QED) is 0.160. The van der Waals surface area contributed by atoms with E-state index in [0.717, 1.165) is 41.2 Å². The highest BCUT2D eigenvalue weighted by atomic mass is 16.3. The molecule has 0 saturated carbocycles. The van der Waals surface area contributed by atoms with Gasteiger partial charge in [0.1, 0.15) is 11.3 Å². The van der Waals surface area contributed by atoms with E-state index < -0.39 is 5.41 Å². The summed E-state index contributed by atoms with van der Waals surface area (Å²) in [6, 6.07) is 78.1. The highest BCUT2D eigenvalue weighted by molar-refractivity contribution is 5.91. The molecule has 0 unspecified atom stereocenters. The van der Waals surface area contributed by atoms with Crippen LogP contribution in [0.4, 0.5) is 17.1 Å². The third-order valence-electron chi connectivity index (χ3n) is 13.0. The number of benzene rings is 9. The van der Waals surface area contributed by atoms with E-state index in [1.165, 1.54) is 77.4 Å². The molecule has 12 rings (SSSR count). The number of nitrogens with zero attached hydrogens (tertiary/aromatic N) is 1. The number of rotatable bonds is 7. The maximum atomic E-state index is 6.20. The highest BCUT2D eigenvalue weighted by Crippen LogP contribution is 2.56. The van der Waals surface area contributed by atoms with Gasteiger partial charge in [0.05, 0.1) is 5.41 Å². The average molecular weight is 780 g/mol. The smallest absolute Gasteiger partial charge is 0.135 e. The lowest BCUT2D eigenvalue weighted by atomic mass is 9.68. The molecular weight excluding hydrogens is 739 g/mol. The summed E-state index contributed by atoms with van der Waals surface area (Å²) in [7, 11) is 0. The standard InChI is InChI=1S/C59H41NO/c1-2-14-46(15-3-1)59(55-19-9-6-16-51(55)52-17-7-10-20-56(52)59)47-29-35-50(36-30-47)60(48-31-24-41(25-32-48)44-23-22-40-12-4-5-13-43(40)38-44)49-33-26-42(27-34-49)45-28-37-58-54(39-45)53-18-8-11-21-57(53)61-58/h1-7,9-17,19-39H,8,18H2. The van der Waals surface area contributed by atoms with Crippen LogP contribution in [0.15, 0.2) is 223 Å². The SMILES string of the molecule is C1=Cc2oc3ccc(-c4ccc(N(c5ccc(-c6ccc7ccccc7c6)cc5)c5ccc(C6(c7ccccc7)c7ccccc7-c7ccccc76)cc5)cc4)cc3c2CC1. The monoisotopic (exact) mass is 779 g/mol. The van der Waals surface area contributed by atoms with Crippen molar-refractivity contribution in [3.63, 3.8) is 0 Å². The summed E-state index contributed by atoms with van der Waals surface area (Å²) in [5.74, 6) is 0.998. The predicted molar refractivity (Wildman–Crippen MR) is 254 cm³/mol. The Labute approximate surface area is 356 Å². The van der Waals surface area contributed by atoms with E-state index >= 15 is 0 Å². The van der Waals surface area contributed by atoms with Gasteiger partial charge in [0.15, 0.2) is 0 Å². The molecule has 0 saturated heterocycles. The van der Waals surface area contributed by atoms with Gasteiger partial charge in [-0.15, -0.1) is 0 Å². The van der Waals surface area contributed by atoms with Crippen LogP contribution in [0.2, 0.25) is 0 Å². The third kappa shape index (κ3) is 5.71. The van der Waals surface area contributed by atoms with E-state index in [1.807, 2.05) is 0 Å². The average Bonchev–Trinajstić information content (AvgIpc) is 3.86. The highest BCUT2D eigenvalue weighted by Gasteiger charge is 2.45. The summed E-state index contributed by atoms with van der Waals surface area (Å²) in [6.07, 6.45) is 6.39. The molecule has 0 aliphatic heterocycles. The molecule has 2 heteroatoms. The van der Waals surface area contributed by atoms with E-state index in [1.54, 1.807) is 0 Å². The predicted octanol–water partition coefficient (Wildman–Crippen LogP) is 15.7. The topological polar surface area (TPSA) is 16.4 Å². The first-order chi connectivity index (χ1) is 30.2. The maximum absolute atomic E-state index is 6.20. The van der Waals surface area contributed by atoms with Gasteiger partial charge in [0.25, 0.3) is 0 Å². The summed E-state index contributed by atoms with van der Waals surface area (Å²) in [4.78, 5) is 2.38. The van der Waals surface area contributed by atoms with Crippen LogP contribution in [-0.4, -0.2) is 0 Å². The van der Waals surface area contributed by atoms with Crippen molar-refractivity contribution in [1.82, 2.24) is 0 Å². The number of anilines is 3. The minimum Gasteiger partial charge on any atom is -0.456 e. The molecule has 0 spiro atoms. The number of hydrogen-bond acceptors (Lipinski definition) is 2.